The van der Waals surface area contributed by atoms with Crippen LogP contribution in [-0.2, 0) is 16.1 Å². The topological polar surface area (TPSA) is 58.9 Å². The molecule has 1 aromatic carbocycles. The van der Waals surface area contributed by atoms with Crippen molar-refractivity contribution in [3.63, 3.8) is 0 Å². The Morgan fingerprint density at radius 3 is 2.81 bits per heavy atom. The van der Waals surface area contributed by atoms with Gasteiger partial charge in [0, 0.05) is 44.9 Å². The van der Waals surface area contributed by atoms with Crippen LogP contribution in [0, 0.1) is 11.8 Å². The third-order valence-electron chi connectivity index (χ3n) is 5.17. The van der Waals surface area contributed by atoms with E-state index in [2.05, 4.69) is 63.2 Å². The van der Waals surface area contributed by atoms with Crippen LogP contribution in [0.5, 0.6) is 0 Å². The van der Waals surface area contributed by atoms with Crippen LogP contribution in [-0.4, -0.2) is 55.2 Å². The number of aliphatic imine (C=N–C) groups is 1. The van der Waals surface area contributed by atoms with Gasteiger partial charge < -0.3 is 19.5 Å². The van der Waals surface area contributed by atoms with Gasteiger partial charge in [-0.25, -0.2) is 0 Å². The maximum absolute atomic E-state index is 11.9. The fourth-order valence-corrected chi connectivity index (χ4v) is 3.72. The van der Waals surface area contributed by atoms with Crippen molar-refractivity contribution in [1.82, 2.24) is 14.8 Å². The average molecular weight is 484 g/mol. The number of ether oxygens (including phenoxy) is 1. The van der Waals surface area contributed by atoms with E-state index >= 15 is 0 Å². The number of hydrogen-bond donors (Lipinski definition) is 1. The van der Waals surface area contributed by atoms with Crippen molar-refractivity contribution < 1.29 is 9.53 Å². The van der Waals surface area contributed by atoms with Gasteiger partial charge in [0.2, 0.25) is 0 Å². The minimum atomic E-state index is -0.130. The fourth-order valence-electron chi connectivity index (χ4n) is 3.72. The molecule has 3 rings (SSSR count). The Morgan fingerprint density at radius 2 is 2.07 bits per heavy atom. The van der Waals surface area contributed by atoms with Crippen molar-refractivity contribution in [3.05, 3.63) is 36.5 Å². The van der Waals surface area contributed by atoms with E-state index in [9.17, 15) is 4.79 Å². The molecular formula is C20H29IN4O2. The summed E-state index contributed by atoms with van der Waals surface area (Å²) in [5.41, 5.74) is 1.27. The second-order valence-electron chi connectivity index (χ2n) is 6.91. The number of carbonyl (C=O) groups excluding carboxylic acids is 1. The Balaban J connectivity index is 0.00000261. The minimum Gasteiger partial charge on any atom is -0.469 e. The lowest BCUT2D eigenvalue weighted by molar-refractivity contribution is -0.145. The van der Waals surface area contributed by atoms with Crippen LogP contribution in [0.3, 0.4) is 0 Å². The maximum Gasteiger partial charge on any atom is 0.310 e. The zero-order chi connectivity index (χ0) is 18.5. The van der Waals surface area contributed by atoms with Gasteiger partial charge >= 0.3 is 5.97 Å². The minimum absolute atomic E-state index is 0. The predicted molar refractivity (Wildman–Crippen MR) is 120 cm³/mol. The summed E-state index contributed by atoms with van der Waals surface area (Å²) >= 11 is 0. The first-order valence-electron chi connectivity index (χ1n) is 9.21. The van der Waals surface area contributed by atoms with E-state index in [4.69, 9.17) is 4.74 Å². The van der Waals surface area contributed by atoms with Gasteiger partial charge in [0.15, 0.2) is 5.96 Å². The maximum atomic E-state index is 11.9. The molecule has 1 aliphatic rings. The van der Waals surface area contributed by atoms with Gasteiger partial charge in [-0.05, 0) is 29.9 Å². The molecule has 0 aliphatic carbocycles. The summed E-state index contributed by atoms with van der Waals surface area (Å²) < 4.78 is 7.20. The van der Waals surface area contributed by atoms with Crippen molar-refractivity contribution in [2.24, 2.45) is 16.8 Å². The number of hydrogen-bond acceptors (Lipinski definition) is 3. The van der Waals surface area contributed by atoms with Crippen LogP contribution >= 0.6 is 24.0 Å². The molecule has 148 valence electrons. The molecule has 2 unspecified atom stereocenters. The summed E-state index contributed by atoms with van der Waals surface area (Å²) in [5, 5.41) is 4.70. The van der Waals surface area contributed by atoms with Crippen LogP contribution in [0.25, 0.3) is 10.9 Å². The van der Waals surface area contributed by atoms with Gasteiger partial charge in [0.25, 0.3) is 0 Å². The highest BCUT2D eigenvalue weighted by Gasteiger charge is 2.36. The molecule has 0 spiro atoms. The number of rotatable bonds is 5. The lowest BCUT2D eigenvalue weighted by atomic mass is 9.99. The molecule has 0 radical (unpaired) electrons. The summed E-state index contributed by atoms with van der Waals surface area (Å²) in [6.07, 6.45) is 3.14. The van der Waals surface area contributed by atoms with E-state index in [-0.39, 0.29) is 41.8 Å². The van der Waals surface area contributed by atoms with Crippen molar-refractivity contribution in [3.8, 4) is 0 Å². The standard InChI is InChI=1S/C20H28N4O2.HI/c1-15-13-24(14-17(15)19(25)26-3)20(21-2)22-10-6-11-23-12-9-16-7-4-5-8-18(16)23;/h4-5,7-9,12,15,17H,6,10-11,13-14H2,1-3H3,(H,21,22);1H. The smallest absolute Gasteiger partial charge is 0.310 e. The predicted octanol–water partition coefficient (Wildman–Crippen LogP) is 2.97. The number of aromatic nitrogens is 1. The molecule has 2 heterocycles. The number of para-hydroxylation sites is 1. The van der Waals surface area contributed by atoms with Crippen molar-refractivity contribution in [2.75, 3.05) is 33.8 Å². The highest BCUT2D eigenvalue weighted by Crippen LogP contribution is 2.24. The average Bonchev–Trinajstić information content (AvgIpc) is 3.25. The van der Waals surface area contributed by atoms with E-state index in [0.717, 1.165) is 32.0 Å². The monoisotopic (exact) mass is 484 g/mol. The first-order chi connectivity index (χ1) is 12.6. The molecule has 0 bridgehead atoms. The number of methoxy groups -OCH3 is 1. The van der Waals surface area contributed by atoms with Crippen LogP contribution in [0.2, 0.25) is 0 Å². The molecule has 1 fully saturated rings. The molecule has 1 saturated heterocycles. The second-order valence-corrected chi connectivity index (χ2v) is 6.91. The molecule has 0 saturated carbocycles. The lowest BCUT2D eigenvalue weighted by Crippen LogP contribution is -2.41. The largest absolute Gasteiger partial charge is 0.469 e. The molecule has 1 aliphatic heterocycles. The molecule has 1 aromatic heterocycles. The van der Waals surface area contributed by atoms with Gasteiger partial charge in [0.1, 0.15) is 0 Å². The summed E-state index contributed by atoms with van der Waals surface area (Å²) in [5.74, 6) is 0.924. The Bertz CT molecular complexity index is 789. The molecule has 1 N–H and O–H groups in total. The number of halogens is 1. The number of aryl methyl sites for hydroxylation is 1. The number of esters is 1. The summed E-state index contributed by atoms with van der Waals surface area (Å²) in [4.78, 5) is 18.4. The second kappa shape index (κ2) is 9.96. The quantitative estimate of drug-likeness (QED) is 0.233. The summed E-state index contributed by atoms with van der Waals surface area (Å²) in [6.45, 7) is 5.37. The van der Waals surface area contributed by atoms with Crippen LogP contribution < -0.4 is 5.32 Å². The Hall–Kier alpha value is -1.77. The van der Waals surface area contributed by atoms with E-state index < -0.39 is 0 Å². The number of nitrogens with one attached hydrogen (secondary N) is 1. The molecule has 7 heteroatoms. The SMILES string of the molecule is CN=C(NCCCn1ccc2ccccc21)N1CC(C)C(C(=O)OC)C1.I. The summed E-state index contributed by atoms with van der Waals surface area (Å²) in [7, 11) is 3.24. The van der Waals surface area contributed by atoms with E-state index in [1.54, 1.807) is 7.05 Å². The number of carbonyl (C=O) groups is 1. The van der Waals surface area contributed by atoms with Gasteiger partial charge in [0.05, 0.1) is 13.0 Å². The molecule has 2 atom stereocenters. The lowest BCUT2D eigenvalue weighted by Gasteiger charge is -2.21. The third-order valence-corrected chi connectivity index (χ3v) is 5.17. The number of nitrogens with zero attached hydrogens (tertiary/aromatic N) is 3. The zero-order valence-corrected chi connectivity index (χ0v) is 18.6. The highest BCUT2D eigenvalue weighted by molar-refractivity contribution is 14.0. The Morgan fingerprint density at radius 1 is 1.30 bits per heavy atom. The number of likely N-dealkylation sites (tertiary alicyclic amines) is 1. The summed E-state index contributed by atoms with van der Waals surface area (Å²) in [6, 6.07) is 10.6. The number of benzene rings is 1. The fraction of sp³-hybridized carbons (Fsp3) is 0.500. The molecular weight excluding hydrogens is 455 g/mol. The highest BCUT2D eigenvalue weighted by atomic mass is 127. The number of fused-ring (bicyclic) bond motifs is 1. The van der Waals surface area contributed by atoms with Crippen LogP contribution in [0.1, 0.15) is 13.3 Å². The van der Waals surface area contributed by atoms with Crippen LogP contribution in [0.15, 0.2) is 41.5 Å². The van der Waals surface area contributed by atoms with Gasteiger partial charge in [-0.15, -0.1) is 24.0 Å². The van der Waals surface area contributed by atoms with E-state index in [1.165, 1.54) is 18.0 Å². The van der Waals surface area contributed by atoms with Crippen molar-refractivity contribution >= 4 is 46.8 Å². The van der Waals surface area contributed by atoms with Gasteiger partial charge in [-0.1, -0.05) is 25.1 Å². The first-order valence-corrected chi connectivity index (χ1v) is 9.21. The number of guanidine groups is 1. The molecule has 27 heavy (non-hydrogen) atoms. The Kier molecular flexibility index (Phi) is 7.94. The zero-order valence-electron chi connectivity index (χ0n) is 16.2. The van der Waals surface area contributed by atoms with Crippen molar-refractivity contribution in [2.45, 2.75) is 19.9 Å². The van der Waals surface area contributed by atoms with Crippen LogP contribution in [0.4, 0.5) is 0 Å². The van der Waals surface area contributed by atoms with Gasteiger partial charge in [-0.3, -0.25) is 9.79 Å². The van der Waals surface area contributed by atoms with Gasteiger partial charge in [-0.2, -0.15) is 0 Å². The molecule has 2 aromatic rings. The Labute approximate surface area is 178 Å². The van der Waals surface area contributed by atoms with E-state index in [1.807, 2.05) is 0 Å². The van der Waals surface area contributed by atoms with E-state index in [0.29, 0.717) is 6.54 Å². The third kappa shape index (κ3) is 4.94. The van der Waals surface area contributed by atoms with Crippen molar-refractivity contribution in [1.29, 1.82) is 0 Å². The first kappa shape index (κ1) is 21.5. The molecule has 6 nitrogen and oxygen atoms in total. The molecule has 0 amide bonds. The normalized spacial score (nSPS) is 19.8.